The molecule has 0 bridgehead atoms. The van der Waals surface area contributed by atoms with E-state index >= 15 is 0 Å². The molecule has 3 N–H and O–H groups in total. The highest BCUT2D eigenvalue weighted by molar-refractivity contribution is 5.88. The molecule has 3 aromatic heterocycles. The van der Waals surface area contributed by atoms with Crippen LogP contribution >= 0.6 is 0 Å². The molecule has 176 valence electrons. The van der Waals surface area contributed by atoms with Crippen molar-refractivity contribution in [3.05, 3.63) is 36.4 Å². The molecular weight excluding hydrogens is 430 g/mol. The number of fused-ring (bicyclic) bond motifs is 2. The van der Waals surface area contributed by atoms with Crippen LogP contribution in [0.2, 0.25) is 0 Å². The van der Waals surface area contributed by atoms with Gasteiger partial charge in [-0.05, 0) is 60.9 Å². The first-order valence-corrected chi connectivity index (χ1v) is 11.9. The van der Waals surface area contributed by atoms with Crippen LogP contribution in [0, 0.1) is 5.41 Å². The predicted molar refractivity (Wildman–Crippen MR) is 130 cm³/mol. The van der Waals surface area contributed by atoms with E-state index in [0.717, 1.165) is 73.8 Å². The fraction of sp³-hybridized carbons (Fsp3) is 0.458. The van der Waals surface area contributed by atoms with Crippen LogP contribution in [0.4, 0.5) is 17.3 Å². The highest BCUT2D eigenvalue weighted by Gasteiger charge is 2.30. The quantitative estimate of drug-likeness (QED) is 0.470. The third kappa shape index (κ3) is 3.49. The van der Waals surface area contributed by atoms with E-state index in [4.69, 9.17) is 20.2 Å². The summed E-state index contributed by atoms with van der Waals surface area (Å²) >= 11 is 0. The van der Waals surface area contributed by atoms with Crippen molar-refractivity contribution < 1.29 is 4.52 Å². The average Bonchev–Trinajstić information content (AvgIpc) is 3.55. The summed E-state index contributed by atoms with van der Waals surface area (Å²) in [4.78, 5) is 18.4. The van der Waals surface area contributed by atoms with Crippen LogP contribution in [0.25, 0.3) is 22.6 Å². The average molecular weight is 460 g/mol. The molecule has 0 saturated carbocycles. The van der Waals surface area contributed by atoms with E-state index in [2.05, 4.69) is 56.1 Å². The van der Waals surface area contributed by atoms with Gasteiger partial charge in [0.25, 0.3) is 0 Å². The van der Waals surface area contributed by atoms with Crippen molar-refractivity contribution >= 4 is 28.5 Å². The molecule has 6 rings (SSSR count). The fourth-order valence-electron chi connectivity index (χ4n) is 5.05. The summed E-state index contributed by atoms with van der Waals surface area (Å²) in [5.74, 6) is 2.71. The largest absolute Gasteiger partial charge is 0.355 e. The number of piperidine rings is 1. The fourth-order valence-corrected chi connectivity index (χ4v) is 5.05. The molecule has 2 aliphatic rings. The Hall–Kier alpha value is -3.53. The lowest BCUT2D eigenvalue weighted by Crippen LogP contribution is -2.42. The molecule has 0 unspecified atom stereocenters. The van der Waals surface area contributed by atoms with Crippen LogP contribution in [0.5, 0.6) is 0 Å². The van der Waals surface area contributed by atoms with Crippen LogP contribution in [0.15, 0.2) is 35.3 Å². The van der Waals surface area contributed by atoms with Gasteiger partial charge in [-0.15, -0.1) is 0 Å². The maximum atomic E-state index is 5.97. The molecule has 0 aliphatic carbocycles. The number of hydrogen-bond donors (Lipinski definition) is 2. The van der Waals surface area contributed by atoms with Crippen LogP contribution in [-0.2, 0) is 0 Å². The highest BCUT2D eigenvalue weighted by Crippen LogP contribution is 2.41. The Bertz CT molecular complexity index is 1310. The molecule has 5 heterocycles. The molecule has 1 saturated heterocycles. The van der Waals surface area contributed by atoms with Crippen molar-refractivity contribution in [2.45, 2.75) is 39.0 Å². The number of nitrogens with zero attached hydrogens (tertiary/aromatic N) is 7. The number of nitrogens with two attached hydrogens (primary N) is 1. The minimum absolute atomic E-state index is 0.220. The molecule has 0 radical (unpaired) electrons. The van der Waals surface area contributed by atoms with E-state index in [-0.39, 0.29) is 5.41 Å². The van der Waals surface area contributed by atoms with E-state index in [0.29, 0.717) is 17.4 Å². The number of anilines is 3. The molecule has 10 heteroatoms. The number of H-pyrrole nitrogens is 1. The second-order valence-corrected chi connectivity index (χ2v) is 9.84. The maximum Gasteiger partial charge on any atom is 0.214 e. The number of aromatic nitrogens is 6. The third-order valence-corrected chi connectivity index (χ3v) is 7.54. The lowest BCUT2D eigenvalue weighted by Gasteiger charge is -2.39. The van der Waals surface area contributed by atoms with Crippen molar-refractivity contribution in [3.63, 3.8) is 0 Å². The Kier molecular flexibility index (Phi) is 4.98. The SMILES string of the molecule is C[C@H]1CCN(c2n[nH]c3nc(N4CCC(C)(CN)CC4)cnc23)c2ccc(-c3ncon3)cc21. The number of aromatic amines is 1. The predicted octanol–water partition coefficient (Wildman–Crippen LogP) is 3.61. The highest BCUT2D eigenvalue weighted by atomic mass is 16.5. The summed E-state index contributed by atoms with van der Waals surface area (Å²) in [6.45, 7) is 7.98. The van der Waals surface area contributed by atoms with Crippen molar-refractivity contribution in [1.29, 1.82) is 0 Å². The molecule has 1 aromatic carbocycles. The van der Waals surface area contributed by atoms with Gasteiger partial charge in [-0.3, -0.25) is 5.10 Å². The van der Waals surface area contributed by atoms with E-state index in [1.54, 1.807) is 0 Å². The standard InChI is InChI=1S/C24H29N9O/c1-15-5-8-33(18-4-3-16(11-17(15)18)21-27-14-34-31-21)23-20-22(29-30-23)28-19(12-26-20)32-9-6-24(2,13-25)7-10-32/h3-4,11-12,14-15H,5-10,13,25H2,1-2H3,(H,28,29,30)/t15-/m0/s1. The van der Waals surface area contributed by atoms with Gasteiger partial charge in [-0.2, -0.15) is 10.1 Å². The number of rotatable bonds is 4. The normalized spacial score (nSPS) is 20.0. The first-order chi connectivity index (χ1) is 16.5. The number of hydrogen-bond acceptors (Lipinski definition) is 9. The summed E-state index contributed by atoms with van der Waals surface area (Å²) in [6.07, 6.45) is 6.36. The zero-order chi connectivity index (χ0) is 23.3. The van der Waals surface area contributed by atoms with Crippen LogP contribution in [-0.4, -0.2) is 56.5 Å². The van der Waals surface area contributed by atoms with Gasteiger partial charge in [-0.1, -0.05) is 19.0 Å². The lowest BCUT2D eigenvalue weighted by molar-refractivity contribution is 0.258. The van der Waals surface area contributed by atoms with Gasteiger partial charge >= 0.3 is 0 Å². The summed E-state index contributed by atoms with van der Waals surface area (Å²) < 4.78 is 4.93. The molecule has 34 heavy (non-hydrogen) atoms. The summed E-state index contributed by atoms with van der Waals surface area (Å²) in [6, 6.07) is 6.29. The van der Waals surface area contributed by atoms with E-state index in [9.17, 15) is 0 Å². The summed E-state index contributed by atoms with van der Waals surface area (Å²) in [5.41, 5.74) is 11.0. The lowest BCUT2D eigenvalue weighted by atomic mass is 9.80. The van der Waals surface area contributed by atoms with Gasteiger partial charge in [-0.25, -0.2) is 9.97 Å². The molecule has 0 amide bonds. The topological polar surface area (TPSA) is 126 Å². The van der Waals surface area contributed by atoms with Gasteiger partial charge in [0.1, 0.15) is 5.82 Å². The molecule has 10 nitrogen and oxygen atoms in total. The molecule has 1 atom stereocenters. The Morgan fingerprint density at radius 3 is 2.82 bits per heavy atom. The first-order valence-electron chi connectivity index (χ1n) is 11.9. The van der Waals surface area contributed by atoms with Gasteiger partial charge < -0.3 is 20.1 Å². The second kappa shape index (κ2) is 8.05. The van der Waals surface area contributed by atoms with Crippen molar-refractivity contribution in [2.75, 3.05) is 36.0 Å². The zero-order valence-electron chi connectivity index (χ0n) is 19.5. The van der Waals surface area contributed by atoms with Gasteiger partial charge in [0.15, 0.2) is 17.0 Å². The smallest absolute Gasteiger partial charge is 0.214 e. The van der Waals surface area contributed by atoms with Gasteiger partial charge in [0, 0.05) is 30.9 Å². The van der Waals surface area contributed by atoms with E-state index in [1.807, 2.05) is 12.3 Å². The van der Waals surface area contributed by atoms with Gasteiger partial charge in [0.05, 0.1) is 6.20 Å². The summed E-state index contributed by atoms with van der Waals surface area (Å²) in [5, 5.41) is 11.7. The molecule has 2 aliphatic heterocycles. The van der Waals surface area contributed by atoms with Crippen molar-refractivity contribution in [3.8, 4) is 11.4 Å². The Balaban J connectivity index is 1.31. The number of nitrogens with one attached hydrogen (secondary N) is 1. The third-order valence-electron chi connectivity index (χ3n) is 7.54. The Morgan fingerprint density at radius 1 is 1.21 bits per heavy atom. The maximum absolute atomic E-state index is 5.97. The zero-order valence-corrected chi connectivity index (χ0v) is 19.5. The van der Waals surface area contributed by atoms with E-state index in [1.165, 1.54) is 12.0 Å². The Morgan fingerprint density at radius 2 is 2.06 bits per heavy atom. The molecule has 1 fully saturated rings. The second-order valence-electron chi connectivity index (χ2n) is 9.84. The van der Waals surface area contributed by atoms with Crippen molar-refractivity contribution in [2.24, 2.45) is 11.1 Å². The first kappa shape index (κ1) is 21.0. The minimum atomic E-state index is 0.220. The minimum Gasteiger partial charge on any atom is -0.355 e. The van der Waals surface area contributed by atoms with Crippen molar-refractivity contribution in [1.82, 2.24) is 30.3 Å². The Labute approximate surface area is 197 Å². The molecule has 4 aromatic rings. The van der Waals surface area contributed by atoms with Crippen LogP contribution in [0.1, 0.15) is 44.6 Å². The van der Waals surface area contributed by atoms with Gasteiger partial charge in [0.2, 0.25) is 12.2 Å². The monoisotopic (exact) mass is 459 g/mol. The van der Waals surface area contributed by atoms with Crippen LogP contribution in [0.3, 0.4) is 0 Å². The summed E-state index contributed by atoms with van der Waals surface area (Å²) in [7, 11) is 0. The molecule has 0 spiro atoms. The van der Waals surface area contributed by atoms with Crippen LogP contribution < -0.4 is 15.5 Å². The van der Waals surface area contributed by atoms with E-state index < -0.39 is 0 Å². The molecular formula is C24H29N9O. The number of benzene rings is 1.